The van der Waals surface area contributed by atoms with Gasteiger partial charge in [0.15, 0.2) is 5.96 Å². The molecule has 0 aliphatic carbocycles. The summed E-state index contributed by atoms with van der Waals surface area (Å²) >= 11 is 1.68. The van der Waals surface area contributed by atoms with Crippen LogP contribution in [0.5, 0.6) is 0 Å². The maximum Gasteiger partial charge on any atom is 0.416 e. The van der Waals surface area contributed by atoms with Crippen molar-refractivity contribution in [1.29, 1.82) is 0 Å². The Kier molecular flexibility index (Phi) is 10.5. The smallest absolute Gasteiger partial charge is 0.356 e. The molecule has 0 aliphatic heterocycles. The Balaban J connectivity index is 0.00000450. The Labute approximate surface area is 194 Å². The fraction of sp³-hybridized carbons (Fsp3) is 0.421. The third kappa shape index (κ3) is 8.09. The minimum Gasteiger partial charge on any atom is -0.356 e. The van der Waals surface area contributed by atoms with E-state index >= 15 is 0 Å². The first-order valence-corrected chi connectivity index (χ1v) is 9.85. The molecule has 0 saturated carbocycles. The summed E-state index contributed by atoms with van der Waals surface area (Å²) in [6, 6.07) is 4.11. The molecule has 0 radical (unpaired) electrons. The van der Waals surface area contributed by atoms with E-state index in [1.54, 1.807) is 18.4 Å². The van der Waals surface area contributed by atoms with E-state index < -0.39 is 17.6 Å². The number of aromatic nitrogens is 1. The molecule has 1 aromatic heterocycles. The number of aryl methyl sites for hydroxylation is 2. The molecule has 30 heavy (non-hydrogen) atoms. The first-order valence-electron chi connectivity index (χ1n) is 9.03. The van der Waals surface area contributed by atoms with Crippen LogP contribution in [0.25, 0.3) is 0 Å². The van der Waals surface area contributed by atoms with Crippen molar-refractivity contribution in [3.63, 3.8) is 0 Å². The van der Waals surface area contributed by atoms with Crippen LogP contribution in [0.1, 0.15) is 31.5 Å². The SMILES string of the molecule is CN=C(NCCNC(=O)c1ccc(C(F)(F)F)cc1)NCCc1nc(C)c(C)s1.I. The van der Waals surface area contributed by atoms with Crippen molar-refractivity contribution in [2.24, 2.45) is 4.99 Å². The summed E-state index contributed by atoms with van der Waals surface area (Å²) in [4.78, 5) is 21.8. The molecule has 2 aromatic rings. The molecular weight excluding hydrogens is 530 g/mol. The molecule has 1 amide bonds. The number of carbonyl (C=O) groups excluding carboxylic acids is 1. The van der Waals surface area contributed by atoms with Crippen molar-refractivity contribution < 1.29 is 18.0 Å². The number of benzene rings is 1. The summed E-state index contributed by atoms with van der Waals surface area (Å²) in [5.41, 5.74) is 0.444. The Hall–Kier alpha value is -1.89. The average molecular weight is 555 g/mol. The van der Waals surface area contributed by atoms with Gasteiger partial charge in [-0.25, -0.2) is 4.98 Å². The molecule has 0 fully saturated rings. The number of thiazole rings is 1. The number of rotatable bonds is 7. The zero-order valence-corrected chi connectivity index (χ0v) is 20.0. The Morgan fingerprint density at radius 3 is 2.20 bits per heavy atom. The molecule has 0 atom stereocenters. The lowest BCUT2D eigenvalue weighted by atomic mass is 10.1. The highest BCUT2D eigenvalue weighted by molar-refractivity contribution is 14.0. The third-order valence-corrected chi connectivity index (χ3v) is 5.24. The Morgan fingerprint density at radius 2 is 1.67 bits per heavy atom. The van der Waals surface area contributed by atoms with Crippen molar-refractivity contribution in [3.8, 4) is 0 Å². The molecule has 0 unspecified atom stereocenters. The number of hydrogen-bond donors (Lipinski definition) is 3. The summed E-state index contributed by atoms with van der Waals surface area (Å²) in [5, 5.41) is 9.96. The van der Waals surface area contributed by atoms with Gasteiger partial charge in [-0.05, 0) is 38.1 Å². The Bertz CT molecular complexity index is 833. The minimum absolute atomic E-state index is 0. The van der Waals surface area contributed by atoms with E-state index in [1.807, 2.05) is 13.8 Å². The minimum atomic E-state index is -4.42. The zero-order chi connectivity index (χ0) is 21.4. The van der Waals surface area contributed by atoms with Crippen LogP contribution in [0.2, 0.25) is 0 Å². The molecule has 11 heteroatoms. The Morgan fingerprint density at radius 1 is 1.07 bits per heavy atom. The molecule has 0 aliphatic rings. The lowest BCUT2D eigenvalue weighted by molar-refractivity contribution is -0.137. The summed E-state index contributed by atoms with van der Waals surface area (Å²) < 4.78 is 37.7. The molecular formula is C19H25F3IN5OS. The molecule has 2 rings (SSSR count). The number of guanidine groups is 1. The van der Waals surface area contributed by atoms with Gasteiger partial charge >= 0.3 is 6.18 Å². The number of hydrogen-bond acceptors (Lipinski definition) is 4. The van der Waals surface area contributed by atoms with Crippen LogP contribution in [-0.4, -0.2) is 43.5 Å². The molecule has 1 aromatic carbocycles. The molecule has 0 spiro atoms. The van der Waals surface area contributed by atoms with Gasteiger partial charge in [-0.15, -0.1) is 35.3 Å². The third-order valence-electron chi connectivity index (χ3n) is 4.11. The average Bonchev–Trinajstić information content (AvgIpc) is 3.00. The van der Waals surface area contributed by atoms with E-state index in [9.17, 15) is 18.0 Å². The maximum absolute atomic E-state index is 12.6. The summed E-state index contributed by atoms with van der Waals surface area (Å²) in [6.07, 6.45) is -3.64. The number of aliphatic imine (C=N–C) groups is 1. The van der Waals surface area contributed by atoms with Crippen LogP contribution in [0.3, 0.4) is 0 Å². The number of halogens is 4. The van der Waals surface area contributed by atoms with Crippen LogP contribution in [0.4, 0.5) is 13.2 Å². The van der Waals surface area contributed by atoms with Crippen molar-refractivity contribution in [3.05, 3.63) is 51.0 Å². The number of nitrogens with zero attached hydrogens (tertiary/aromatic N) is 2. The number of amides is 1. The topological polar surface area (TPSA) is 78.4 Å². The molecule has 1 heterocycles. The first kappa shape index (κ1) is 26.1. The van der Waals surface area contributed by atoms with Crippen LogP contribution < -0.4 is 16.0 Å². The molecule has 0 saturated heterocycles. The van der Waals surface area contributed by atoms with E-state index in [4.69, 9.17) is 0 Å². The van der Waals surface area contributed by atoms with Gasteiger partial charge in [-0.3, -0.25) is 9.79 Å². The maximum atomic E-state index is 12.6. The van der Waals surface area contributed by atoms with Crippen molar-refractivity contribution in [2.45, 2.75) is 26.4 Å². The van der Waals surface area contributed by atoms with Gasteiger partial charge in [0, 0.05) is 43.5 Å². The summed E-state index contributed by atoms with van der Waals surface area (Å²) in [6.45, 7) is 5.42. The van der Waals surface area contributed by atoms with Gasteiger partial charge < -0.3 is 16.0 Å². The van der Waals surface area contributed by atoms with E-state index in [2.05, 4.69) is 25.9 Å². The first-order chi connectivity index (χ1) is 13.7. The fourth-order valence-electron chi connectivity index (χ4n) is 2.42. The summed E-state index contributed by atoms with van der Waals surface area (Å²) in [5.74, 6) is 0.164. The van der Waals surface area contributed by atoms with Gasteiger partial charge in [0.25, 0.3) is 5.91 Å². The summed E-state index contributed by atoms with van der Waals surface area (Å²) in [7, 11) is 1.65. The predicted molar refractivity (Wildman–Crippen MR) is 124 cm³/mol. The second kappa shape index (κ2) is 12.1. The fourth-order valence-corrected chi connectivity index (χ4v) is 3.36. The van der Waals surface area contributed by atoms with Crippen molar-refractivity contribution in [2.75, 3.05) is 26.7 Å². The highest BCUT2D eigenvalue weighted by atomic mass is 127. The van der Waals surface area contributed by atoms with Gasteiger partial charge in [0.2, 0.25) is 0 Å². The number of carbonyl (C=O) groups is 1. The van der Waals surface area contributed by atoms with Crippen LogP contribution in [-0.2, 0) is 12.6 Å². The highest BCUT2D eigenvalue weighted by Crippen LogP contribution is 2.29. The van der Waals surface area contributed by atoms with Gasteiger partial charge in [0.1, 0.15) is 0 Å². The van der Waals surface area contributed by atoms with E-state index in [0.29, 0.717) is 25.6 Å². The number of alkyl halides is 3. The molecule has 0 bridgehead atoms. The van der Waals surface area contributed by atoms with Gasteiger partial charge in [-0.2, -0.15) is 13.2 Å². The molecule has 166 valence electrons. The largest absolute Gasteiger partial charge is 0.416 e. The standard InChI is InChI=1S/C19H24F3N5OS.HI/c1-12-13(2)29-16(27-12)8-9-25-18(23-3)26-11-10-24-17(28)14-4-6-15(7-5-14)19(20,21)22;/h4-7H,8-11H2,1-3H3,(H,24,28)(H2,23,25,26);1H. The lowest BCUT2D eigenvalue weighted by Gasteiger charge is -2.12. The van der Waals surface area contributed by atoms with Gasteiger partial charge in [0.05, 0.1) is 16.3 Å². The van der Waals surface area contributed by atoms with Crippen molar-refractivity contribution in [1.82, 2.24) is 20.9 Å². The van der Waals surface area contributed by atoms with E-state index in [0.717, 1.165) is 41.4 Å². The van der Waals surface area contributed by atoms with Crippen LogP contribution in [0.15, 0.2) is 29.3 Å². The van der Waals surface area contributed by atoms with Gasteiger partial charge in [-0.1, -0.05) is 0 Å². The monoisotopic (exact) mass is 555 g/mol. The highest BCUT2D eigenvalue weighted by Gasteiger charge is 2.30. The van der Waals surface area contributed by atoms with E-state index in [-0.39, 0.29) is 29.5 Å². The second-order valence-corrected chi connectivity index (χ2v) is 7.54. The number of nitrogens with one attached hydrogen (secondary N) is 3. The molecule has 3 N–H and O–H groups in total. The second-order valence-electron chi connectivity index (χ2n) is 6.26. The zero-order valence-electron chi connectivity index (χ0n) is 16.9. The normalized spacial score (nSPS) is 11.6. The van der Waals surface area contributed by atoms with Crippen LogP contribution in [0, 0.1) is 13.8 Å². The van der Waals surface area contributed by atoms with Crippen molar-refractivity contribution >= 4 is 47.2 Å². The molecule has 6 nitrogen and oxygen atoms in total. The van der Waals surface area contributed by atoms with Crippen LogP contribution >= 0.6 is 35.3 Å². The predicted octanol–water partition coefficient (Wildman–Crippen LogP) is 3.53. The lowest BCUT2D eigenvalue weighted by Crippen LogP contribution is -2.42. The van der Waals surface area contributed by atoms with E-state index in [1.165, 1.54) is 4.88 Å². The quantitative estimate of drug-likeness (QED) is 0.212.